The largest absolute Gasteiger partial charge is 0.315 e. The predicted octanol–water partition coefficient (Wildman–Crippen LogP) is 3.64. The zero-order valence-corrected chi connectivity index (χ0v) is 12.5. The zero-order chi connectivity index (χ0) is 13.9. The summed E-state index contributed by atoms with van der Waals surface area (Å²) in [5.41, 5.74) is 2.17. The SMILES string of the molecule is CCc1nc(-c2nccc3ccccc23)sc1CNC. The van der Waals surface area contributed by atoms with Gasteiger partial charge in [0.2, 0.25) is 0 Å². The van der Waals surface area contributed by atoms with E-state index >= 15 is 0 Å². The molecule has 0 radical (unpaired) electrons. The Labute approximate surface area is 122 Å². The van der Waals surface area contributed by atoms with Crippen LogP contribution in [0.15, 0.2) is 36.5 Å². The summed E-state index contributed by atoms with van der Waals surface area (Å²) in [4.78, 5) is 10.6. The van der Waals surface area contributed by atoms with Crippen molar-refractivity contribution in [2.45, 2.75) is 19.9 Å². The van der Waals surface area contributed by atoms with Gasteiger partial charge in [-0.15, -0.1) is 11.3 Å². The Morgan fingerprint density at radius 1 is 1.20 bits per heavy atom. The van der Waals surface area contributed by atoms with E-state index in [-0.39, 0.29) is 0 Å². The van der Waals surface area contributed by atoms with Crippen LogP contribution in [-0.4, -0.2) is 17.0 Å². The van der Waals surface area contributed by atoms with E-state index in [4.69, 9.17) is 4.98 Å². The van der Waals surface area contributed by atoms with E-state index in [0.29, 0.717) is 0 Å². The van der Waals surface area contributed by atoms with Gasteiger partial charge in [-0.2, -0.15) is 0 Å². The molecule has 0 spiro atoms. The van der Waals surface area contributed by atoms with Crippen molar-refractivity contribution in [2.24, 2.45) is 0 Å². The molecule has 0 aliphatic carbocycles. The van der Waals surface area contributed by atoms with Crippen molar-refractivity contribution in [2.75, 3.05) is 7.05 Å². The first-order valence-corrected chi connectivity index (χ1v) is 7.62. The van der Waals surface area contributed by atoms with Crippen molar-refractivity contribution in [1.29, 1.82) is 0 Å². The number of fused-ring (bicyclic) bond motifs is 1. The molecule has 102 valence electrons. The van der Waals surface area contributed by atoms with Crippen molar-refractivity contribution < 1.29 is 0 Å². The Balaban J connectivity index is 2.15. The van der Waals surface area contributed by atoms with E-state index in [1.165, 1.54) is 21.3 Å². The molecule has 0 aliphatic heterocycles. The third kappa shape index (κ3) is 2.32. The number of rotatable bonds is 4. The summed E-state index contributed by atoms with van der Waals surface area (Å²) in [6, 6.07) is 10.4. The second kappa shape index (κ2) is 5.69. The summed E-state index contributed by atoms with van der Waals surface area (Å²) in [5, 5.41) is 6.61. The van der Waals surface area contributed by atoms with E-state index in [9.17, 15) is 0 Å². The molecule has 20 heavy (non-hydrogen) atoms. The highest BCUT2D eigenvalue weighted by atomic mass is 32.1. The molecule has 2 aromatic heterocycles. The molecule has 3 aromatic rings. The van der Waals surface area contributed by atoms with Gasteiger partial charge in [-0.05, 0) is 24.9 Å². The van der Waals surface area contributed by atoms with Gasteiger partial charge in [0.15, 0.2) is 0 Å². The van der Waals surface area contributed by atoms with Crippen molar-refractivity contribution in [3.8, 4) is 10.7 Å². The Morgan fingerprint density at radius 2 is 2.05 bits per heavy atom. The van der Waals surface area contributed by atoms with Crippen LogP contribution in [0.3, 0.4) is 0 Å². The summed E-state index contributed by atoms with van der Waals surface area (Å²) in [5.74, 6) is 0. The van der Waals surface area contributed by atoms with Crippen LogP contribution in [0, 0.1) is 0 Å². The van der Waals surface area contributed by atoms with Crippen LogP contribution in [0.1, 0.15) is 17.5 Å². The first-order chi connectivity index (χ1) is 9.83. The number of nitrogens with zero attached hydrogens (tertiary/aromatic N) is 2. The van der Waals surface area contributed by atoms with Crippen LogP contribution in [0.4, 0.5) is 0 Å². The van der Waals surface area contributed by atoms with Crippen molar-refractivity contribution in [3.63, 3.8) is 0 Å². The molecule has 0 fully saturated rings. The fourth-order valence-electron chi connectivity index (χ4n) is 2.35. The fraction of sp³-hybridized carbons (Fsp3) is 0.250. The Kier molecular flexibility index (Phi) is 3.76. The van der Waals surface area contributed by atoms with Gasteiger partial charge < -0.3 is 5.32 Å². The lowest BCUT2D eigenvalue weighted by Crippen LogP contribution is -2.05. The molecular weight excluding hydrogens is 266 g/mol. The third-order valence-electron chi connectivity index (χ3n) is 3.33. The minimum atomic E-state index is 0.867. The molecule has 1 N–H and O–H groups in total. The van der Waals surface area contributed by atoms with Gasteiger partial charge in [-0.1, -0.05) is 31.2 Å². The highest BCUT2D eigenvalue weighted by Crippen LogP contribution is 2.31. The molecule has 1 aromatic carbocycles. The van der Waals surface area contributed by atoms with E-state index in [1.54, 1.807) is 11.3 Å². The fourth-order valence-corrected chi connectivity index (χ4v) is 3.52. The monoisotopic (exact) mass is 283 g/mol. The summed E-state index contributed by atoms with van der Waals surface area (Å²) in [6.07, 6.45) is 2.82. The van der Waals surface area contributed by atoms with Gasteiger partial charge in [-0.25, -0.2) is 4.98 Å². The Bertz CT molecular complexity index is 728. The molecule has 0 amide bonds. The molecule has 3 rings (SSSR count). The Morgan fingerprint density at radius 3 is 2.85 bits per heavy atom. The quantitative estimate of drug-likeness (QED) is 0.794. The maximum atomic E-state index is 4.78. The van der Waals surface area contributed by atoms with E-state index < -0.39 is 0 Å². The van der Waals surface area contributed by atoms with Gasteiger partial charge in [0.05, 0.1) is 5.69 Å². The standard InChI is InChI=1S/C16H17N3S/c1-3-13-14(10-17-2)20-16(19-13)15-12-7-5-4-6-11(12)8-9-18-15/h4-9,17H,3,10H2,1-2H3. The number of thiazole rings is 1. The Hall–Kier alpha value is -1.78. The predicted molar refractivity (Wildman–Crippen MR) is 85.0 cm³/mol. The number of aromatic nitrogens is 2. The molecule has 4 heteroatoms. The van der Waals surface area contributed by atoms with Crippen molar-refractivity contribution in [3.05, 3.63) is 47.1 Å². The van der Waals surface area contributed by atoms with Gasteiger partial charge in [-0.3, -0.25) is 4.98 Å². The number of pyridine rings is 1. The normalized spacial score (nSPS) is 11.1. The first kappa shape index (κ1) is 13.2. The van der Waals surface area contributed by atoms with E-state index in [2.05, 4.69) is 41.5 Å². The van der Waals surface area contributed by atoms with Crippen LogP contribution < -0.4 is 5.32 Å². The molecule has 0 bridgehead atoms. The molecular formula is C16H17N3S. The van der Waals surface area contributed by atoms with Gasteiger partial charge in [0.1, 0.15) is 10.7 Å². The number of nitrogens with one attached hydrogen (secondary N) is 1. The van der Waals surface area contributed by atoms with Crippen LogP contribution >= 0.6 is 11.3 Å². The van der Waals surface area contributed by atoms with E-state index in [1.807, 2.05) is 19.3 Å². The summed E-state index contributed by atoms with van der Waals surface area (Å²) in [7, 11) is 1.97. The zero-order valence-electron chi connectivity index (χ0n) is 11.7. The average Bonchev–Trinajstić information content (AvgIpc) is 2.90. The molecule has 0 unspecified atom stereocenters. The topological polar surface area (TPSA) is 37.8 Å². The van der Waals surface area contributed by atoms with Crippen LogP contribution in [0.25, 0.3) is 21.5 Å². The molecule has 3 nitrogen and oxygen atoms in total. The maximum absolute atomic E-state index is 4.78. The third-order valence-corrected chi connectivity index (χ3v) is 4.43. The summed E-state index contributed by atoms with van der Waals surface area (Å²) in [6.45, 7) is 3.01. The second-order valence-corrected chi connectivity index (χ2v) is 5.74. The molecule has 0 atom stereocenters. The van der Waals surface area contributed by atoms with Gasteiger partial charge in [0.25, 0.3) is 0 Å². The molecule has 2 heterocycles. The highest BCUT2D eigenvalue weighted by Gasteiger charge is 2.13. The van der Waals surface area contributed by atoms with Gasteiger partial charge >= 0.3 is 0 Å². The summed E-state index contributed by atoms with van der Waals surface area (Å²) < 4.78 is 0. The number of benzene rings is 1. The number of hydrogen-bond donors (Lipinski definition) is 1. The first-order valence-electron chi connectivity index (χ1n) is 6.80. The van der Waals surface area contributed by atoms with Crippen molar-refractivity contribution in [1.82, 2.24) is 15.3 Å². The lowest BCUT2D eigenvalue weighted by atomic mass is 10.1. The minimum Gasteiger partial charge on any atom is -0.315 e. The van der Waals surface area contributed by atoms with Crippen LogP contribution in [0.2, 0.25) is 0 Å². The number of hydrogen-bond acceptors (Lipinski definition) is 4. The summed E-state index contributed by atoms with van der Waals surface area (Å²) >= 11 is 1.74. The minimum absolute atomic E-state index is 0.867. The molecule has 0 saturated carbocycles. The highest BCUT2D eigenvalue weighted by molar-refractivity contribution is 7.15. The van der Waals surface area contributed by atoms with E-state index in [0.717, 1.165) is 23.7 Å². The van der Waals surface area contributed by atoms with Gasteiger partial charge in [0, 0.05) is 23.0 Å². The van der Waals surface area contributed by atoms with Crippen LogP contribution in [-0.2, 0) is 13.0 Å². The average molecular weight is 283 g/mol. The molecule has 0 saturated heterocycles. The van der Waals surface area contributed by atoms with Crippen LogP contribution in [0.5, 0.6) is 0 Å². The lowest BCUT2D eigenvalue weighted by molar-refractivity contribution is 0.814. The second-order valence-electron chi connectivity index (χ2n) is 4.65. The maximum Gasteiger partial charge on any atom is 0.143 e. The smallest absolute Gasteiger partial charge is 0.143 e. The molecule has 0 aliphatic rings. The number of aryl methyl sites for hydroxylation is 1. The lowest BCUT2D eigenvalue weighted by Gasteiger charge is -2.01. The van der Waals surface area contributed by atoms with Crippen molar-refractivity contribution >= 4 is 22.1 Å².